The van der Waals surface area contributed by atoms with Crippen molar-refractivity contribution in [2.45, 2.75) is 22.9 Å². The Morgan fingerprint density at radius 2 is 1.75 bits per heavy atom. The van der Waals surface area contributed by atoms with Crippen molar-refractivity contribution < 1.29 is 4.39 Å². The maximum atomic E-state index is 13.2. The minimum atomic E-state index is -0.652. The Balaban J connectivity index is 2.34. The lowest BCUT2D eigenvalue weighted by atomic mass is 9.91. The van der Waals surface area contributed by atoms with E-state index in [2.05, 4.69) is 28.7 Å². The average molecular weight is 276 g/mol. The van der Waals surface area contributed by atoms with Crippen molar-refractivity contribution in [3.63, 3.8) is 0 Å². The molecule has 0 spiro atoms. The van der Waals surface area contributed by atoms with Crippen LogP contribution in [0.4, 0.5) is 4.39 Å². The zero-order valence-electron chi connectivity index (χ0n) is 6.63. The summed E-state index contributed by atoms with van der Waals surface area (Å²) in [6.07, 6.45) is 0.835. The van der Waals surface area contributed by atoms with Crippen LogP contribution in [0.2, 0.25) is 0 Å². The standard InChI is InChI=1S/C10H10FI/c11-9-5-7-3-1-2-4-8(7)6-10(9)12/h1-4,9-10H,5-6H2/t9-,10-/m1/s1. The molecule has 0 saturated carbocycles. The second-order valence-electron chi connectivity index (χ2n) is 3.21. The summed E-state index contributed by atoms with van der Waals surface area (Å²) in [4.78, 5) is 0. The van der Waals surface area contributed by atoms with E-state index in [4.69, 9.17) is 0 Å². The topological polar surface area (TPSA) is 0 Å². The van der Waals surface area contributed by atoms with Gasteiger partial charge in [0.1, 0.15) is 6.17 Å². The molecule has 1 aliphatic rings. The molecule has 0 heterocycles. The van der Waals surface area contributed by atoms with Crippen molar-refractivity contribution in [2.24, 2.45) is 0 Å². The highest BCUT2D eigenvalue weighted by molar-refractivity contribution is 14.1. The Hall–Kier alpha value is -0.120. The molecule has 0 N–H and O–H groups in total. The van der Waals surface area contributed by atoms with Gasteiger partial charge in [-0.3, -0.25) is 0 Å². The third-order valence-electron chi connectivity index (χ3n) is 2.34. The average Bonchev–Trinajstić information content (AvgIpc) is 2.07. The largest absolute Gasteiger partial charge is 0.246 e. The smallest absolute Gasteiger partial charge is 0.116 e. The molecule has 0 saturated heterocycles. The highest BCUT2D eigenvalue weighted by atomic mass is 127. The number of benzene rings is 1. The van der Waals surface area contributed by atoms with Crippen LogP contribution in [0, 0.1) is 0 Å². The molecule has 0 radical (unpaired) electrons. The van der Waals surface area contributed by atoms with Crippen LogP contribution in [0.1, 0.15) is 11.1 Å². The molecule has 0 bridgehead atoms. The van der Waals surface area contributed by atoms with Gasteiger partial charge in [-0.05, 0) is 17.5 Å². The van der Waals surface area contributed by atoms with Gasteiger partial charge in [-0.1, -0.05) is 46.9 Å². The highest BCUT2D eigenvalue weighted by Crippen LogP contribution is 2.27. The second kappa shape index (κ2) is 3.32. The van der Waals surface area contributed by atoms with E-state index in [0.29, 0.717) is 6.42 Å². The Kier molecular flexibility index (Phi) is 2.35. The Bertz CT molecular complexity index is 256. The Morgan fingerprint density at radius 1 is 1.17 bits per heavy atom. The van der Waals surface area contributed by atoms with Gasteiger partial charge < -0.3 is 0 Å². The summed E-state index contributed by atoms with van der Waals surface area (Å²) in [7, 11) is 0. The fourth-order valence-electron chi connectivity index (χ4n) is 1.63. The fraction of sp³-hybridized carbons (Fsp3) is 0.400. The molecular formula is C10H10FI. The molecule has 12 heavy (non-hydrogen) atoms. The normalized spacial score (nSPS) is 28.2. The van der Waals surface area contributed by atoms with E-state index >= 15 is 0 Å². The first kappa shape index (κ1) is 8.48. The van der Waals surface area contributed by atoms with Crippen LogP contribution in [0.25, 0.3) is 0 Å². The van der Waals surface area contributed by atoms with Gasteiger partial charge >= 0.3 is 0 Å². The number of hydrogen-bond donors (Lipinski definition) is 0. The van der Waals surface area contributed by atoms with Crippen molar-refractivity contribution in [3.05, 3.63) is 35.4 Å². The number of hydrogen-bond acceptors (Lipinski definition) is 0. The summed E-state index contributed by atoms with van der Waals surface area (Å²) in [5, 5.41) is 0. The molecule has 0 aliphatic heterocycles. The molecule has 1 aromatic carbocycles. The van der Waals surface area contributed by atoms with Gasteiger partial charge in [0.05, 0.1) is 0 Å². The summed E-state index contributed by atoms with van der Waals surface area (Å²) < 4.78 is 13.4. The number of fused-ring (bicyclic) bond motifs is 1. The van der Waals surface area contributed by atoms with E-state index in [1.165, 1.54) is 11.1 Å². The predicted octanol–water partition coefficient (Wildman–Crippen LogP) is 2.93. The Morgan fingerprint density at radius 3 is 2.42 bits per heavy atom. The van der Waals surface area contributed by atoms with Crippen molar-refractivity contribution in [1.82, 2.24) is 0 Å². The van der Waals surface area contributed by atoms with E-state index < -0.39 is 6.17 Å². The SMILES string of the molecule is F[C@@H]1Cc2ccccc2C[C@H]1I. The molecule has 0 amide bonds. The maximum absolute atomic E-state index is 13.2. The minimum Gasteiger partial charge on any atom is -0.246 e. The molecular weight excluding hydrogens is 266 g/mol. The van der Waals surface area contributed by atoms with E-state index in [1.54, 1.807) is 0 Å². The predicted molar refractivity (Wildman–Crippen MR) is 56.6 cm³/mol. The molecule has 1 aromatic rings. The van der Waals surface area contributed by atoms with E-state index in [0.717, 1.165) is 6.42 Å². The van der Waals surface area contributed by atoms with Crippen LogP contribution in [0.15, 0.2) is 24.3 Å². The molecule has 2 atom stereocenters. The first-order valence-corrected chi connectivity index (χ1v) is 5.37. The molecule has 2 rings (SSSR count). The number of halogens is 2. The monoisotopic (exact) mass is 276 g/mol. The van der Waals surface area contributed by atoms with E-state index in [9.17, 15) is 4.39 Å². The quantitative estimate of drug-likeness (QED) is 0.505. The third-order valence-corrected chi connectivity index (χ3v) is 3.56. The lowest BCUT2D eigenvalue weighted by Gasteiger charge is -2.23. The number of alkyl halides is 2. The van der Waals surface area contributed by atoms with Gasteiger partial charge in [-0.25, -0.2) is 4.39 Å². The van der Waals surface area contributed by atoms with Crippen molar-refractivity contribution >= 4 is 22.6 Å². The van der Waals surface area contributed by atoms with Gasteiger partial charge in [-0.15, -0.1) is 0 Å². The molecule has 1 aliphatic carbocycles. The molecule has 2 heteroatoms. The second-order valence-corrected chi connectivity index (χ2v) is 4.81. The summed E-state index contributed by atoms with van der Waals surface area (Å²) in [5.41, 5.74) is 2.52. The van der Waals surface area contributed by atoms with E-state index in [1.807, 2.05) is 18.2 Å². The molecule has 0 aromatic heterocycles. The zero-order chi connectivity index (χ0) is 8.55. The maximum Gasteiger partial charge on any atom is 0.116 e. The first-order valence-electron chi connectivity index (χ1n) is 4.12. The van der Waals surface area contributed by atoms with Crippen LogP contribution in [0.5, 0.6) is 0 Å². The first-order chi connectivity index (χ1) is 5.77. The Labute approximate surface area is 85.3 Å². The summed E-state index contributed by atoms with van der Waals surface area (Å²) >= 11 is 2.20. The summed E-state index contributed by atoms with van der Waals surface area (Å²) in [5.74, 6) is 0. The van der Waals surface area contributed by atoms with Crippen molar-refractivity contribution in [2.75, 3.05) is 0 Å². The van der Waals surface area contributed by atoms with Gasteiger partial charge in [0.25, 0.3) is 0 Å². The molecule has 0 fully saturated rings. The molecule has 0 nitrogen and oxygen atoms in total. The van der Waals surface area contributed by atoms with Gasteiger partial charge in [-0.2, -0.15) is 0 Å². The summed E-state index contributed by atoms with van der Waals surface area (Å²) in [6, 6.07) is 8.15. The van der Waals surface area contributed by atoms with Gasteiger partial charge in [0, 0.05) is 10.3 Å². The molecule has 0 unspecified atom stereocenters. The van der Waals surface area contributed by atoms with Gasteiger partial charge in [0.2, 0.25) is 0 Å². The lowest BCUT2D eigenvalue weighted by Crippen LogP contribution is -2.26. The van der Waals surface area contributed by atoms with Crippen molar-refractivity contribution in [1.29, 1.82) is 0 Å². The highest BCUT2D eigenvalue weighted by Gasteiger charge is 2.25. The summed E-state index contributed by atoms with van der Waals surface area (Å²) in [6.45, 7) is 0. The lowest BCUT2D eigenvalue weighted by molar-refractivity contribution is 0.317. The van der Waals surface area contributed by atoms with Crippen LogP contribution >= 0.6 is 22.6 Å². The molecule has 64 valence electrons. The van der Waals surface area contributed by atoms with Crippen LogP contribution < -0.4 is 0 Å². The van der Waals surface area contributed by atoms with Crippen LogP contribution in [-0.4, -0.2) is 10.1 Å². The van der Waals surface area contributed by atoms with Crippen LogP contribution in [-0.2, 0) is 12.8 Å². The van der Waals surface area contributed by atoms with Gasteiger partial charge in [0.15, 0.2) is 0 Å². The fourth-order valence-corrected chi connectivity index (χ4v) is 2.36. The minimum absolute atomic E-state index is 0.164. The van der Waals surface area contributed by atoms with Crippen molar-refractivity contribution in [3.8, 4) is 0 Å². The third kappa shape index (κ3) is 1.49. The zero-order valence-corrected chi connectivity index (χ0v) is 8.79. The van der Waals surface area contributed by atoms with Crippen LogP contribution in [0.3, 0.4) is 0 Å². The van der Waals surface area contributed by atoms with E-state index in [-0.39, 0.29) is 3.92 Å². The number of rotatable bonds is 0.